The lowest BCUT2D eigenvalue weighted by molar-refractivity contribution is -0.153. The van der Waals surface area contributed by atoms with E-state index in [-0.39, 0.29) is 90.7 Å². The number of nitrogens with two attached hydrogens (primary N) is 6. The van der Waals surface area contributed by atoms with Gasteiger partial charge in [0, 0.05) is 0 Å². The fraction of sp³-hybridized carbons (Fsp3) is 0.684. The van der Waals surface area contributed by atoms with Crippen molar-refractivity contribution in [3.63, 3.8) is 0 Å². The Hall–Kier alpha value is -5.80. The predicted octanol–water partition coefficient (Wildman–Crippen LogP) is 12.2. The summed E-state index contributed by atoms with van der Waals surface area (Å²) in [6.45, 7) is 10.1. The quantitative estimate of drug-likeness (QED) is 0.0426. The van der Waals surface area contributed by atoms with Crippen LogP contribution in [0.1, 0.15) is 256 Å². The molecular weight excluding hydrogens is 1200 g/mol. The maximum Gasteiger partial charge on any atom is 0.327 e. The zero-order valence-electron chi connectivity index (χ0n) is 58.1. The van der Waals surface area contributed by atoms with Gasteiger partial charge in [-0.1, -0.05) is 124 Å². The van der Waals surface area contributed by atoms with E-state index in [0.717, 1.165) is 158 Å². The number of hydrogen-bond acceptors (Lipinski definition) is 19. The fourth-order valence-electron chi connectivity index (χ4n) is 12.8. The van der Waals surface area contributed by atoms with Crippen molar-refractivity contribution < 1.29 is 61.9 Å². The standard InChI is InChI=1S/C14H19NO2.C13H23NO2.2C13H17NO2.C12H23NO3.C11H21NO2/c15-13(10-11-6-2-1-3-7-11)14(16)17-12-8-4-5-9-12;3*14-12(10-6-2-1-3-7-10)13(15)16-11-8-4-5-9-11;1-12(2,3)15-8-10(13)11(14)16-9-6-4-5-7-9;1-8(2)7-10(12)11(13)14-9-5-3-4-6-9/h1-3,6-7,12-13H,4-5,8-10,15H2;10-12H,1-9,14H2;2*1-3,6-7,11-12H,4-5,8-9,14H2;9-10H,4-8,13H2,1-3H3;8-10H,3-7,12H2,1-2H3/t13-;3*12-;2*10-/m001000/s1. The first-order valence-corrected chi connectivity index (χ1v) is 36.1. The van der Waals surface area contributed by atoms with Gasteiger partial charge in [-0.25, -0.2) is 9.59 Å². The van der Waals surface area contributed by atoms with E-state index in [0.29, 0.717) is 24.7 Å². The number of benzene rings is 3. The zero-order chi connectivity index (χ0) is 69.0. The highest BCUT2D eigenvalue weighted by Gasteiger charge is 2.32. The summed E-state index contributed by atoms with van der Waals surface area (Å²) in [7, 11) is 0. The van der Waals surface area contributed by atoms with Crippen LogP contribution in [0.4, 0.5) is 0 Å². The zero-order valence-corrected chi connectivity index (χ0v) is 58.1. The first-order chi connectivity index (χ1) is 45.5. The van der Waals surface area contributed by atoms with Crippen molar-refractivity contribution in [2.24, 2.45) is 46.2 Å². The van der Waals surface area contributed by atoms with Crippen molar-refractivity contribution in [3.05, 3.63) is 108 Å². The molecule has 7 aliphatic rings. The largest absolute Gasteiger partial charge is 0.461 e. The van der Waals surface area contributed by atoms with Gasteiger partial charge in [-0.3, -0.25) is 19.2 Å². The van der Waals surface area contributed by atoms with Crippen LogP contribution in [0, 0.1) is 11.8 Å². The van der Waals surface area contributed by atoms with Gasteiger partial charge >= 0.3 is 35.8 Å². The molecule has 0 bridgehead atoms. The van der Waals surface area contributed by atoms with Gasteiger partial charge in [0.25, 0.3) is 0 Å². The summed E-state index contributed by atoms with van der Waals surface area (Å²) in [4.78, 5) is 70.2. The third-order valence-corrected chi connectivity index (χ3v) is 18.4. The summed E-state index contributed by atoms with van der Waals surface area (Å²) in [5.74, 6) is -0.777. The fourth-order valence-corrected chi connectivity index (χ4v) is 12.8. The molecule has 3 aromatic rings. The lowest BCUT2D eigenvalue weighted by Crippen LogP contribution is -2.41. The monoisotopic (exact) mass is 1320 g/mol. The summed E-state index contributed by atoms with van der Waals surface area (Å²) < 4.78 is 37.6. The molecule has 6 atom stereocenters. The minimum absolute atomic E-state index is 0.0770. The molecule has 10 rings (SSSR count). The Morgan fingerprint density at radius 1 is 0.368 bits per heavy atom. The Balaban J connectivity index is 0.000000207. The highest BCUT2D eigenvalue weighted by Crippen LogP contribution is 2.30. The molecule has 0 heterocycles. The van der Waals surface area contributed by atoms with Gasteiger partial charge in [0.1, 0.15) is 72.9 Å². The molecular formula is C76H120N6O13. The highest BCUT2D eigenvalue weighted by molar-refractivity contribution is 5.79. The average molecular weight is 1330 g/mol. The van der Waals surface area contributed by atoms with E-state index >= 15 is 0 Å². The molecule has 0 spiro atoms. The molecule has 7 saturated carbocycles. The van der Waals surface area contributed by atoms with Gasteiger partial charge in [-0.15, -0.1) is 0 Å². The lowest BCUT2D eigenvalue weighted by Gasteiger charge is -2.26. The number of esters is 6. The molecule has 0 unspecified atom stereocenters. The van der Waals surface area contributed by atoms with Gasteiger partial charge in [-0.05, 0) is 229 Å². The third kappa shape index (κ3) is 32.4. The Labute approximate surface area is 568 Å². The number of rotatable bonds is 21. The van der Waals surface area contributed by atoms with Gasteiger partial charge in [-0.2, -0.15) is 0 Å². The van der Waals surface area contributed by atoms with Crippen molar-refractivity contribution in [2.45, 2.75) is 312 Å². The lowest BCUT2D eigenvalue weighted by atomic mass is 9.84. The van der Waals surface area contributed by atoms with Crippen LogP contribution in [0.15, 0.2) is 91.0 Å². The van der Waals surface area contributed by atoms with Crippen LogP contribution in [-0.2, 0) is 68.3 Å². The minimum atomic E-state index is -0.667. The second kappa shape index (κ2) is 44.2. The summed E-state index contributed by atoms with van der Waals surface area (Å²) >= 11 is 0. The summed E-state index contributed by atoms with van der Waals surface area (Å²) in [6, 6.07) is 25.2. The molecule has 95 heavy (non-hydrogen) atoms. The second-order valence-corrected chi connectivity index (χ2v) is 28.3. The van der Waals surface area contributed by atoms with Crippen molar-refractivity contribution in [3.8, 4) is 0 Å². The molecule has 7 fully saturated rings. The van der Waals surface area contributed by atoms with Gasteiger partial charge in [0.2, 0.25) is 0 Å². The SMILES string of the molecule is CC(C)(C)OC[C@H](N)C(=O)OC1CCCC1.CC(C)C[C@H](N)C(=O)OC1CCCC1.N[C@@H](C(=O)OC1CCCC1)c1ccccc1.N[C@@H](Cc1ccccc1)C(=O)OC1CCCC1.N[C@H](C(=O)OC1CCCC1)C1CCCCC1.N[C@H](C(=O)OC1CCCC1)c1ccccc1. The highest BCUT2D eigenvalue weighted by atomic mass is 16.6. The van der Waals surface area contributed by atoms with Gasteiger partial charge in [0.05, 0.1) is 12.2 Å². The molecule has 0 aliphatic heterocycles. The van der Waals surface area contributed by atoms with Crippen LogP contribution >= 0.6 is 0 Å². The molecule has 0 aromatic heterocycles. The molecule has 19 nitrogen and oxygen atoms in total. The number of carbonyl (C=O) groups excluding carboxylic acids is 6. The molecule has 0 amide bonds. The van der Waals surface area contributed by atoms with Crippen molar-refractivity contribution in [2.75, 3.05) is 6.61 Å². The van der Waals surface area contributed by atoms with Crippen LogP contribution < -0.4 is 34.4 Å². The molecule has 3 aromatic carbocycles. The van der Waals surface area contributed by atoms with Crippen molar-refractivity contribution in [1.29, 1.82) is 0 Å². The Kier molecular flexibility index (Phi) is 37.2. The van der Waals surface area contributed by atoms with E-state index in [2.05, 4.69) is 13.8 Å². The molecule has 0 radical (unpaired) electrons. The Morgan fingerprint density at radius 2 is 0.653 bits per heavy atom. The van der Waals surface area contributed by atoms with E-state index in [1.165, 1.54) is 44.9 Å². The van der Waals surface area contributed by atoms with Crippen LogP contribution in [0.3, 0.4) is 0 Å². The van der Waals surface area contributed by atoms with Crippen LogP contribution in [-0.4, -0.2) is 109 Å². The molecule has 7 aliphatic carbocycles. The minimum Gasteiger partial charge on any atom is -0.461 e. The van der Waals surface area contributed by atoms with Gasteiger partial charge in [0.15, 0.2) is 0 Å². The van der Waals surface area contributed by atoms with Crippen molar-refractivity contribution >= 4 is 35.8 Å². The van der Waals surface area contributed by atoms with E-state index in [9.17, 15) is 28.8 Å². The molecule has 0 saturated heterocycles. The van der Waals surface area contributed by atoms with E-state index in [1.54, 1.807) is 0 Å². The maximum absolute atomic E-state index is 11.9. The number of carbonyl (C=O) groups is 6. The second-order valence-electron chi connectivity index (χ2n) is 28.3. The molecule has 19 heteroatoms. The van der Waals surface area contributed by atoms with E-state index < -0.39 is 30.2 Å². The normalized spacial score (nSPS) is 20.0. The predicted molar refractivity (Wildman–Crippen MR) is 371 cm³/mol. The first kappa shape index (κ1) is 79.9. The van der Waals surface area contributed by atoms with E-state index in [1.807, 2.05) is 112 Å². The molecule has 532 valence electrons. The maximum atomic E-state index is 11.9. The molecule has 12 N–H and O–H groups in total. The summed E-state index contributed by atoms with van der Waals surface area (Å²) in [6.07, 6.45) is 33.7. The third-order valence-electron chi connectivity index (χ3n) is 18.4. The van der Waals surface area contributed by atoms with Crippen LogP contribution in [0.25, 0.3) is 0 Å². The van der Waals surface area contributed by atoms with Crippen LogP contribution in [0.5, 0.6) is 0 Å². The Morgan fingerprint density at radius 3 is 0.979 bits per heavy atom. The topological polar surface area (TPSA) is 323 Å². The smallest absolute Gasteiger partial charge is 0.327 e. The summed E-state index contributed by atoms with van der Waals surface area (Å²) in [5, 5.41) is 0. The number of ether oxygens (including phenoxy) is 7. The van der Waals surface area contributed by atoms with Gasteiger partial charge < -0.3 is 67.6 Å². The summed E-state index contributed by atoms with van der Waals surface area (Å²) in [5.41, 5.74) is 37.4. The van der Waals surface area contributed by atoms with Crippen LogP contribution in [0.2, 0.25) is 0 Å². The first-order valence-electron chi connectivity index (χ1n) is 36.1. The number of hydrogen-bond donors (Lipinski definition) is 6. The Bertz CT molecular complexity index is 2530. The van der Waals surface area contributed by atoms with E-state index in [4.69, 9.17) is 67.6 Å². The van der Waals surface area contributed by atoms with Crippen molar-refractivity contribution in [1.82, 2.24) is 0 Å². The average Bonchev–Trinajstić information content (AvgIpc) is 2.73.